The highest BCUT2D eigenvalue weighted by molar-refractivity contribution is 7.88. The molecule has 5 heteroatoms. The summed E-state index contributed by atoms with van der Waals surface area (Å²) < 4.78 is 26.1. The van der Waals surface area contributed by atoms with E-state index in [4.69, 9.17) is 12.2 Å². The van der Waals surface area contributed by atoms with E-state index in [0.717, 1.165) is 0 Å². The zero-order valence-electron chi connectivity index (χ0n) is 9.90. The Bertz CT molecular complexity index is 525. The van der Waals surface area contributed by atoms with Crippen LogP contribution in [0.2, 0.25) is 0 Å². The van der Waals surface area contributed by atoms with Crippen LogP contribution in [0.3, 0.4) is 0 Å². The van der Waals surface area contributed by atoms with Gasteiger partial charge in [-0.1, -0.05) is 18.1 Å². The maximum absolute atomic E-state index is 11.8. The smallest absolute Gasteiger partial charge is 0.217 e. The number of anilines is 1. The summed E-state index contributed by atoms with van der Waals surface area (Å²) in [6.45, 7) is 3.26. The van der Waals surface area contributed by atoms with Crippen molar-refractivity contribution in [2.75, 3.05) is 5.73 Å². The molecule has 0 aliphatic heterocycles. The van der Waals surface area contributed by atoms with Crippen LogP contribution in [0.1, 0.15) is 19.4 Å². The summed E-state index contributed by atoms with van der Waals surface area (Å²) in [6.07, 6.45) is 5.23. The van der Waals surface area contributed by atoms with Crippen molar-refractivity contribution in [2.45, 2.75) is 25.1 Å². The SMILES string of the molecule is C#CC(C)(C)NS(=O)(=O)Cc1ccc(N)cc1. The lowest BCUT2D eigenvalue weighted by Crippen LogP contribution is -2.42. The van der Waals surface area contributed by atoms with Crippen molar-refractivity contribution in [3.8, 4) is 12.3 Å². The van der Waals surface area contributed by atoms with E-state index >= 15 is 0 Å². The minimum atomic E-state index is -3.45. The summed E-state index contributed by atoms with van der Waals surface area (Å²) in [4.78, 5) is 0. The van der Waals surface area contributed by atoms with E-state index in [9.17, 15) is 8.42 Å². The fraction of sp³-hybridized carbons (Fsp3) is 0.333. The van der Waals surface area contributed by atoms with Gasteiger partial charge in [-0.2, -0.15) is 4.72 Å². The molecule has 0 saturated heterocycles. The summed E-state index contributed by atoms with van der Waals surface area (Å²) in [5.41, 5.74) is 5.91. The number of nitrogen functional groups attached to an aromatic ring is 1. The quantitative estimate of drug-likeness (QED) is 0.622. The highest BCUT2D eigenvalue weighted by atomic mass is 32.2. The lowest BCUT2D eigenvalue weighted by molar-refractivity contribution is 0.538. The van der Waals surface area contributed by atoms with E-state index in [-0.39, 0.29) is 5.75 Å². The highest BCUT2D eigenvalue weighted by Crippen LogP contribution is 2.11. The number of nitrogens with one attached hydrogen (secondary N) is 1. The molecule has 1 aromatic rings. The monoisotopic (exact) mass is 252 g/mol. The number of hydrogen-bond donors (Lipinski definition) is 2. The topological polar surface area (TPSA) is 72.2 Å². The molecule has 3 N–H and O–H groups in total. The molecule has 0 fully saturated rings. The van der Waals surface area contributed by atoms with Crippen molar-refractivity contribution < 1.29 is 8.42 Å². The van der Waals surface area contributed by atoms with E-state index in [2.05, 4.69) is 10.6 Å². The summed E-state index contributed by atoms with van der Waals surface area (Å²) in [5, 5.41) is 0. The maximum Gasteiger partial charge on any atom is 0.217 e. The molecule has 0 aliphatic rings. The molecule has 1 aromatic carbocycles. The lowest BCUT2D eigenvalue weighted by atomic mass is 10.1. The van der Waals surface area contributed by atoms with E-state index in [1.165, 1.54) is 0 Å². The van der Waals surface area contributed by atoms with Crippen LogP contribution in [0, 0.1) is 12.3 Å². The molecule has 1 rings (SSSR count). The first-order valence-electron chi connectivity index (χ1n) is 5.08. The minimum absolute atomic E-state index is 0.113. The van der Waals surface area contributed by atoms with Crippen molar-refractivity contribution in [1.29, 1.82) is 0 Å². The Balaban J connectivity index is 2.81. The average Bonchev–Trinajstić information content (AvgIpc) is 2.20. The van der Waals surface area contributed by atoms with Crippen molar-refractivity contribution in [1.82, 2.24) is 4.72 Å². The second kappa shape index (κ2) is 4.78. The summed E-state index contributed by atoms with van der Waals surface area (Å²) in [7, 11) is -3.45. The van der Waals surface area contributed by atoms with Crippen LogP contribution in [-0.2, 0) is 15.8 Å². The van der Waals surface area contributed by atoms with Crippen LogP contribution in [0.5, 0.6) is 0 Å². The summed E-state index contributed by atoms with van der Waals surface area (Å²) >= 11 is 0. The fourth-order valence-electron chi connectivity index (χ4n) is 1.29. The number of terminal acetylenes is 1. The summed E-state index contributed by atoms with van der Waals surface area (Å²) in [6, 6.07) is 6.68. The first kappa shape index (κ1) is 13.6. The van der Waals surface area contributed by atoms with Gasteiger partial charge >= 0.3 is 0 Å². The molecular formula is C12H16N2O2S. The van der Waals surface area contributed by atoms with Crippen LogP contribution >= 0.6 is 0 Å². The number of rotatable bonds is 4. The van der Waals surface area contributed by atoms with Crippen LogP contribution in [0.4, 0.5) is 5.69 Å². The number of sulfonamides is 1. The molecule has 0 atom stereocenters. The number of hydrogen-bond acceptors (Lipinski definition) is 3. The third-order valence-corrected chi connectivity index (χ3v) is 3.64. The Morgan fingerprint density at radius 3 is 2.35 bits per heavy atom. The lowest BCUT2D eigenvalue weighted by Gasteiger charge is -2.19. The Morgan fingerprint density at radius 1 is 1.35 bits per heavy atom. The van der Waals surface area contributed by atoms with Gasteiger partial charge in [0, 0.05) is 5.69 Å². The van der Waals surface area contributed by atoms with Crippen LogP contribution < -0.4 is 10.5 Å². The zero-order valence-corrected chi connectivity index (χ0v) is 10.7. The van der Waals surface area contributed by atoms with Gasteiger partial charge in [-0.25, -0.2) is 8.42 Å². The molecule has 17 heavy (non-hydrogen) atoms. The third-order valence-electron chi connectivity index (χ3n) is 2.11. The van der Waals surface area contributed by atoms with Crippen molar-refractivity contribution in [2.24, 2.45) is 0 Å². The van der Waals surface area contributed by atoms with Gasteiger partial charge in [0.2, 0.25) is 10.0 Å². The van der Waals surface area contributed by atoms with Gasteiger partial charge in [0.05, 0.1) is 11.3 Å². The molecule has 0 radical (unpaired) electrons. The Morgan fingerprint density at radius 2 is 1.88 bits per heavy atom. The number of nitrogens with two attached hydrogens (primary N) is 1. The van der Waals surface area contributed by atoms with Gasteiger partial charge in [0.25, 0.3) is 0 Å². The van der Waals surface area contributed by atoms with Gasteiger partial charge in [-0.05, 0) is 31.5 Å². The first-order chi connectivity index (χ1) is 7.74. The molecule has 0 amide bonds. The standard InChI is InChI=1S/C12H16N2O2S/c1-4-12(2,3)14-17(15,16)9-10-5-7-11(13)8-6-10/h1,5-8,14H,9,13H2,2-3H3. The molecule has 0 spiro atoms. The zero-order chi connectivity index (χ0) is 13.1. The number of benzene rings is 1. The predicted octanol–water partition coefficient (Wildman–Crippen LogP) is 1.10. The van der Waals surface area contributed by atoms with Gasteiger partial charge in [0.1, 0.15) is 0 Å². The molecule has 0 aliphatic carbocycles. The second-order valence-corrected chi connectivity index (χ2v) is 6.09. The molecule has 0 saturated carbocycles. The highest BCUT2D eigenvalue weighted by Gasteiger charge is 2.22. The predicted molar refractivity (Wildman–Crippen MR) is 69.5 cm³/mol. The fourth-order valence-corrected chi connectivity index (χ4v) is 2.83. The summed E-state index contributed by atoms with van der Waals surface area (Å²) in [5.74, 6) is 2.27. The minimum Gasteiger partial charge on any atom is -0.399 e. The Labute approximate surface area is 102 Å². The van der Waals surface area contributed by atoms with E-state index in [1.54, 1.807) is 38.1 Å². The van der Waals surface area contributed by atoms with Crippen molar-refractivity contribution in [3.63, 3.8) is 0 Å². The maximum atomic E-state index is 11.8. The first-order valence-corrected chi connectivity index (χ1v) is 6.73. The molecule has 92 valence electrons. The van der Waals surface area contributed by atoms with Crippen LogP contribution in [-0.4, -0.2) is 14.0 Å². The van der Waals surface area contributed by atoms with Gasteiger partial charge < -0.3 is 5.73 Å². The molecular weight excluding hydrogens is 236 g/mol. The molecule has 0 bridgehead atoms. The van der Waals surface area contributed by atoms with Gasteiger partial charge in [0.15, 0.2) is 0 Å². The van der Waals surface area contributed by atoms with Crippen LogP contribution in [0.25, 0.3) is 0 Å². The van der Waals surface area contributed by atoms with E-state index in [0.29, 0.717) is 11.3 Å². The molecule has 0 aromatic heterocycles. The van der Waals surface area contributed by atoms with E-state index in [1.807, 2.05) is 0 Å². The average molecular weight is 252 g/mol. The molecule has 4 nitrogen and oxygen atoms in total. The van der Waals surface area contributed by atoms with Crippen molar-refractivity contribution in [3.05, 3.63) is 29.8 Å². The molecule has 0 heterocycles. The Hall–Kier alpha value is -1.51. The normalized spacial score (nSPS) is 12.1. The second-order valence-electron chi connectivity index (χ2n) is 4.37. The van der Waals surface area contributed by atoms with Crippen LogP contribution in [0.15, 0.2) is 24.3 Å². The van der Waals surface area contributed by atoms with Crippen molar-refractivity contribution >= 4 is 15.7 Å². The largest absolute Gasteiger partial charge is 0.399 e. The van der Waals surface area contributed by atoms with E-state index < -0.39 is 15.6 Å². The molecule has 0 unspecified atom stereocenters. The third kappa shape index (κ3) is 4.47. The Kier molecular flexibility index (Phi) is 3.81. The van der Waals surface area contributed by atoms with Gasteiger partial charge in [-0.3, -0.25) is 0 Å². The van der Waals surface area contributed by atoms with Gasteiger partial charge in [-0.15, -0.1) is 6.42 Å².